The molecule has 2 rings (SSSR count). The smallest absolute Gasteiger partial charge is 0.399 e. The average Bonchev–Trinajstić information content (AvgIpc) is 2.81. The summed E-state index contributed by atoms with van der Waals surface area (Å²) in [5, 5.41) is 3.28. The molecular weight excluding hydrogens is 320 g/mol. The molecule has 0 aliphatic carbocycles. The van der Waals surface area contributed by atoms with Crippen LogP contribution in [0.1, 0.15) is 30.7 Å². The Morgan fingerprint density at radius 1 is 1.30 bits per heavy atom. The van der Waals surface area contributed by atoms with Crippen LogP contribution in [0.4, 0.5) is 0 Å². The molecule has 1 heterocycles. The Labute approximate surface area is 127 Å². The van der Waals surface area contributed by atoms with Crippen molar-refractivity contribution in [3.05, 3.63) is 39.7 Å². The maximum atomic E-state index is 5.66. The van der Waals surface area contributed by atoms with Crippen molar-refractivity contribution >= 4 is 15.9 Å². The summed E-state index contributed by atoms with van der Waals surface area (Å²) < 4.78 is 12.1. The molecule has 0 saturated heterocycles. The zero-order chi connectivity index (χ0) is 14.7. The van der Waals surface area contributed by atoms with Gasteiger partial charge in [-0.3, -0.25) is 0 Å². The maximum absolute atomic E-state index is 5.66. The second-order valence-electron chi connectivity index (χ2n) is 5.11. The molecule has 5 heteroatoms. The molecule has 0 spiro atoms. The minimum absolute atomic E-state index is 0.270. The fourth-order valence-corrected chi connectivity index (χ4v) is 2.02. The van der Waals surface area contributed by atoms with E-state index in [0.717, 1.165) is 27.0 Å². The van der Waals surface area contributed by atoms with E-state index in [1.54, 1.807) is 6.26 Å². The summed E-state index contributed by atoms with van der Waals surface area (Å²) in [6, 6.07) is 4.31. The average molecular weight is 339 g/mol. The Morgan fingerprint density at radius 2 is 1.95 bits per heavy atom. The predicted molar refractivity (Wildman–Crippen MR) is 82.2 cm³/mol. The standard InChI is InChI=1S/C15H19BrN2O2/c1-9(2)17-7-12-8-19-15(18-12)20-13-5-10(3)14(16)11(4)6-13/h5-6,8-9,17H,7H2,1-4H3. The van der Waals surface area contributed by atoms with E-state index in [1.807, 2.05) is 26.0 Å². The second-order valence-corrected chi connectivity index (χ2v) is 5.91. The largest absolute Gasteiger partial charge is 0.417 e. The summed E-state index contributed by atoms with van der Waals surface area (Å²) in [6.45, 7) is 8.90. The van der Waals surface area contributed by atoms with E-state index in [1.165, 1.54) is 0 Å². The van der Waals surface area contributed by atoms with Crippen molar-refractivity contribution in [2.75, 3.05) is 0 Å². The van der Waals surface area contributed by atoms with E-state index in [-0.39, 0.29) is 6.08 Å². The molecule has 108 valence electrons. The number of hydrogen-bond donors (Lipinski definition) is 1. The third-order valence-electron chi connectivity index (χ3n) is 2.84. The van der Waals surface area contributed by atoms with Crippen molar-refractivity contribution < 1.29 is 9.15 Å². The number of nitrogens with zero attached hydrogens (tertiary/aromatic N) is 1. The highest BCUT2D eigenvalue weighted by Crippen LogP contribution is 2.29. The fraction of sp³-hybridized carbons (Fsp3) is 0.400. The van der Waals surface area contributed by atoms with Crippen LogP contribution in [0.3, 0.4) is 0 Å². The molecule has 0 unspecified atom stereocenters. The van der Waals surface area contributed by atoms with Crippen molar-refractivity contribution in [3.63, 3.8) is 0 Å². The minimum atomic E-state index is 0.270. The van der Waals surface area contributed by atoms with Crippen molar-refractivity contribution in [1.82, 2.24) is 10.3 Å². The first kappa shape index (κ1) is 15.1. The highest BCUT2D eigenvalue weighted by Gasteiger charge is 2.09. The Hall–Kier alpha value is -1.33. The van der Waals surface area contributed by atoms with E-state index in [4.69, 9.17) is 9.15 Å². The van der Waals surface area contributed by atoms with Gasteiger partial charge < -0.3 is 14.5 Å². The molecule has 0 atom stereocenters. The number of aromatic nitrogens is 1. The molecule has 1 N–H and O–H groups in total. The third kappa shape index (κ3) is 3.84. The third-order valence-corrected chi connectivity index (χ3v) is 4.09. The number of aryl methyl sites for hydroxylation is 2. The van der Waals surface area contributed by atoms with Gasteiger partial charge in [-0.1, -0.05) is 29.8 Å². The molecule has 4 nitrogen and oxygen atoms in total. The maximum Gasteiger partial charge on any atom is 0.399 e. The van der Waals surface area contributed by atoms with E-state index in [9.17, 15) is 0 Å². The molecule has 20 heavy (non-hydrogen) atoms. The molecular formula is C15H19BrN2O2. The zero-order valence-corrected chi connectivity index (χ0v) is 13.7. The van der Waals surface area contributed by atoms with Gasteiger partial charge in [0.05, 0.1) is 5.69 Å². The van der Waals surface area contributed by atoms with E-state index < -0.39 is 0 Å². The van der Waals surface area contributed by atoms with Gasteiger partial charge in [0, 0.05) is 17.1 Å². The summed E-state index contributed by atoms with van der Waals surface area (Å²) in [5.74, 6) is 0.730. The fourth-order valence-electron chi connectivity index (χ4n) is 1.79. The lowest BCUT2D eigenvalue weighted by atomic mass is 10.1. The molecule has 2 aromatic rings. The molecule has 0 amide bonds. The SMILES string of the molecule is Cc1cc(Oc2nc(CNC(C)C)co2)cc(C)c1Br. The lowest BCUT2D eigenvalue weighted by Crippen LogP contribution is -2.21. The first-order chi connectivity index (χ1) is 9.45. The van der Waals surface area contributed by atoms with E-state index in [2.05, 4.69) is 40.1 Å². The van der Waals surface area contributed by atoms with Crippen molar-refractivity contribution in [1.29, 1.82) is 0 Å². The van der Waals surface area contributed by atoms with Crippen LogP contribution in [-0.4, -0.2) is 11.0 Å². The van der Waals surface area contributed by atoms with Crippen molar-refractivity contribution in [2.45, 2.75) is 40.3 Å². The number of benzene rings is 1. The molecule has 1 aromatic heterocycles. The molecule has 0 aliphatic rings. The van der Waals surface area contributed by atoms with Gasteiger partial charge in [-0.05, 0) is 37.1 Å². The van der Waals surface area contributed by atoms with Gasteiger partial charge in [0.15, 0.2) is 0 Å². The minimum Gasteiger partial charge on any atom is -0.417 e. The molecule has 1 aromatic carbocycles. The molecule has 0 fully saturated rings. The Balaban J connectivity index is 2.07. The predicted octanol–water partition coefficient (Wildman–Crippen LogP) is 4.34. The van der Waals surface area contributed by atoms with Crippen LogP contribution in [0.5, 0.6) is 11.8 Å². The number of halogens is 1. The van der Waals surface area contributed by atoms with Gasteiger partial charge in [0.25, 0.3) is 0 Å². The van der Waals surface area contributed by atoms with Crippen LogP contribution in [0.25, 0.3) is 0 Å². The number of ether oxygens (including phenoxy) is 1. The van der Waals surface area contributed by atoms with Crippen LogP contribution in [0.15, 0.2) is 27.3 Å². The first-order valence-corrected chi connectivity index (χ1v) is 7.37. The highest BCUT2D eigenvalue weighted by atomic mass is 79.9. The zero-order valence-electron chi connectivity index (χ0n) is 12.2. The topological polar surface area (TPSA) is 47.3 Å². The highest BCUT2D eigenvalue weighted by molar-refractivity contribution is 9.10. The number of hydrogen-bond acceptors (Lipinski definition) is 4. The Morgan fingerprint density at radius 3 is 2.55 bits per heavy atom. The lowest BCUT2D eigenvalue weighted by molar-refractivity contribution is 0.330. The normalized spacial score (nSPS) is 11.1. The van der Waals surface area contributed by atoms with Crippen molar-refractivity contribution in [2.24, 2.45) is 0 Å². The molecule has 0 radical (unpaired) electrons. The summed E-state index contributed by atoms with van der Waals surface area (Å²) in [6.07, 6.45) is 1.88. The molecule has 0 bridgehead atoms. The van der Waals surface area contributed by atoms with Crippen LogP contribution in [0, 0.1) is 13.8 Å². The van der Waals surface area contributed by atoms with Gasteiger partial charge in [-0.2, -0.15) is 4.98 Å². The molecule has 0 saturated carbocycles. The van der Waals surface area contributed by atoms with Crippen molar-refractivity contribution in [3.8, 4) is 11.8 Å². The number of rotatable bonds is 5. The monoisotopic (exact) mass is 338 g/mol. The Bertz CT molecular complexity index is 570. The van der Waals surface area contributed by atoms with Crippen LogP contribution < -0.4 is 10.1 Å². The van der Waals surface area contributed by atoms with E-state index in [0.29, 0.717) is 12.6 Å². The van der Waals surface area contributed by atoms with Gasteiger partial charge in [-0.25, -0.2) is 0 Å². The summed E-state index contributed by atoms with van der Waals surface area (Å²) in [4.78, 5) is 4.30. The van der Waals surface area contributed by atoms with Crippen LogP contribution in [0.2, 0.25) is 0 Å². The van der Waals surface area contributed by atoms with Crippen LogP contribution >= 0.6 is 15.9 Å². The summed E-state index contributed by atoms with van der Waals surface area (Å²) in [7, 11) is 0. The summed E-state index contributed by atoms with van der Waals surface area (Å²) >= 11 is 3.53. The van der Waals surface area contributed by atoms with Gasteiger partial charge in [0.1, 0.15) is 12.0 Å². The lowest BCUT2D eigenvalue weighted by Gasteiger charge is -2.07. The number of oxazole rings is 1. The number of nitrogens with one attached hydrogen (secondary N) is 1. The quantitative estimate of drug-likeness (QED) is 0.880. The van der Waals surface area contributed by atoms with Crippen LogP contribution in [-0.2, 0) is 6.54 Å². The molecule has 0 aliphatic heterocycles. The summed E-state index contributed by atoms with van der Waals surface area (Å²) in [5.41, 5.74) is 3.07. The van der Waals surface area contributed by atoms with Gasteiger partial charge >= 0.3 is 6.08 Å². The van der Waals surface area contributed by atoms with Gasteiger partial charge in [0.2, 0.25) is 0 Å². The Kier molecular flexibility index (Phi) is 4.83. The first-order valence-electron chi connectivity index (χ1n) is 6.58. The van der Waals surface area contributed by atoms with E-state index >= 15 is 0 Å². The van der Waals surface area contributed by atoms with Gasteiger partial charge in [-0.15, -0.1) is 0 Å². The second kappa shape index (κ2) is 6.41.